The molecule has 0 spiro atoms. The molecule has 0 aliphatic carbocycles. The van der Waals surface area contributed by atoms with Crippen molar-refractivity contribution in [2.45, 2.75) is 40.2 Å². The summed E-state index contributed by atoms with van der Waals surface area (Å²) in [6, 6.07) is 0. The zero-order valence-electron chi connectivity index (χ0n) is 13.1. The summed E-state index contributed by atoms with van der Waals surface area (Å²) in [5.74, 6) is 0.174. The number of amides is 2. The molecule has 2 amide bonds. The minimum Gasteiger partial charge on any atom is -0.357 e. The van der Waals surface area contributed by atoms with Gasteiger partial charge in [-0.1, -0.05) is 0 Å². The molecule has 0 aromatic carbocycles. The molecule has 0 unspecified atom stereocenters. The maximum absolute atomic E-state index is 11.7. The molecule has 0 aliphatic rings. The first kappa shape index (κ1) is 18.2. The fraction of sp³-hybridized carbons (Fsp3) is 0.769. The van der Waals surface area contributed by atoms with E-state index in [1.165, 1.54) is 0 Å². The monoisotopic (exact) mass is 285 g/mol. The Morgan fingerprint density at radius 2 is 1.55 bits per heavy atom. The lowest BCUT2D eigenvalue weighted by molar-refractivity contribution is -0.121. The van der Waals surface area contributed by atoms with Crippen molar-refractivity contribution in [2.24, 2.45) is 4.99 Å². The van der Waals surface area contributed by atoms with Crippen LogP contribution in [0.5, 0.6) is 0 Å². The van der Waals surface area contributed by atoms with Gasteiger partial charge in [0.15, 0.2) is 5.96 Å². The summed E-state index contributed by atoms with van der Waals surface area (Å²) < 4.78 is 0. The van der Waals surface area contributed by atoms with Gasteiger partial charge in [0.25, 0.3) is 0 Å². The summed E-state index contributed by atoms with van der Waals surface area (Å²) in [6.07, 6.45) is 0. The van der Waals surface area contributed by atoms with Gasteiger partial charge in [0.2, 0.25) is 11.8 Å². The SMILES string of the molecule is CCNC(=O)CNC(=NCC(=O)NC(C)(C)C)NCC. The van der Waals surface area contributed by atoms with Crippen molar-refractivity contribution in [3.05, 3.63) is 0 Å². The number of carbonyl (C=O) groups is 2. The molecule has 20 heavy (non-hydrogen) atoms. The van der Waals surface area contributed by atoms with Crippen molar-refractivity contribution in [3.8, 4) is 0 Å². The number of hydrogen-bond donors (Lipinski definition) is 4. The van der Waals surface area contributed by atoms with Gasteiger partial charge < -0.3 is 21.3 Å². The van der Waals surface area contributed by atoms with E-state index in [4.69, 9.17) is 0 Å². The van der Waals surface area contributed by atoms with Gasteiger partial charge in [0.05, 0.1) is 6.54 Å². The van der Waals surface area contributed by atoms with E-state index in [-0.39, 0.29) is 30.4 Å². The maximum Gasteiger partial charge on any atom is 0.242 e. The van der Waals surface area contributed by atoms with Gasteiger partial charge in [0, 0.05) is 18.6 Å². The van der Waals surface area contributed by atoms with Gasteiger partial charge in [-0.15, -0.1) is 0 Å². The molecule has 0 atom stereocenters. The summed E-state index contributed by atoms with van der Waals surface area (Å²) in [5.41, 5.74) is -0.278. The van der Waals surface area contributed by atoms with Crippen LogP contribution in [0, 0.1) is 0 Å². The van der Waals surface area contributed by atoms with Crippen LogP contribution in [-0.2, 0) is 9.59 Å². The molecule has 116 valence electrons. The van der Waals surface area contributed by atoms with E-state index in [1.54, 1.807) is 0 Å². The van der Waals surface area contributed by atoms with Crippen molar-refractivity contribution in [3.63, 3.8) is 0 Å². The zero-order chi connectivity index (χ0) is 15.6. The number of aliphatic imine (C=N–C) groups is 1. The number of carbonyl (C=O) groups excluding carboxylic acids is 2. The highest BCUT2D eigenvalue weighted by Crippen LogP contribution is 1.97. The van der Waals surface area contributed by atoms with Gasteiger partial charge in [-0.25, -0.2) is 4.99 Å². The van der Waals surface area contributed by atoms with Gasteiger partial charge in [0.1, 0.15) is 6.54 Å². The van der Waals surface area contributed by atoms with E-state index >= 15 is 0 Å². The Labute approximate surface area is 121 Å². The number of likely N-dealkylation sites (N-methyl/N-ethyl adjacent to an activating group) is 1. The molecule has 0 saturated carbocycles. The Morgan fingerprint density at radius 1 is 0.950 bits per heavy atom. The van der Waals surface area contributed by atoms with Crippen LogP contribution >= 0.6 is 0 Å². The molecule has 0 bridgehead atoms. The minimum atomic E-state index is -0.278. The average molecular weight is 285 g/mol. The molecule has 0 fully saturated rings. The fourth-order valence-electron chi connectivity index (χ4n) is 1.37. The third-order valence-corrected chi connectivity index (χ3v) is 2.03. The van der Waals surface area contributed by atoms with E-state index in [0.717, 1.165) is 0 Å². The predicted molar refractivity (Wildman–Crippen MR) is 80.6 cm³/mol. The second kappa shape index (κ2) is 9.17. The van der Waals surface area contributed by atoms with Crippen LogP contribution in [0.4, 0.5) is 0 Å². The number of nitrogens with zero attached hydrogens (tertiary/aromatic N) is 1. The number of rotatable bonds is 6. The van der Waals surface area contributed by atoms with Crippen LogP contribution in [-0.4, -0.2) is 49.5 Å². The molecule has 0 rings (SSSR count). The molecular formula is C13H27N5O2. The predicted octanol–water partition coefficient (Wildman–Crippen LogP) is -0.408. The summed E-state index contributed by atoms with van der Waals surface area (Å²) in [6.45, 7) is 10.9. The smallest absolute Gasteiger partial charge is 0.242 e. The summed E-state index contributed by atoms with van der Waals surface area (Å²) in [7, 11) is 0. The van der Waals surface area contributed by atoms with Crippen molar-refractivity contribution in [1.29, 1.82) is 0 Å². The lowest BCUT2D eigenvalue weighted by Crippen LogP contribution is -2.45. The number of guanidine groups is 1. The Morgan fingerprint density at radius 3 is 2.05 bits per heavy atom. The Hall–Kier alpha value is -1.79. The second-order valence-electron chi connectivity index (χ2n) is 5.30. The third-order valence-electron chi connectivity index (χ3n) is 2.03. The van der Waals surface area contributed by atoms with Crippen LogP contribution in [0.25, 0.3) is 0 Å². The number of nitrogens with one attached hydrogen (secondary N) is 4. The first-order valence-electron chi connectivity index (χ1n) is 6.88. The molecule has 0 aliphatic heterocycles. The highest BCUT2D eigenvalue weighted by Gasteiger charge is 2.13. The van der Waals surface area contributed by atoms with Crippen LogP contribution in [0.2, 0.25) is 0 Å². The average Bonchev–Trinajstić information content (AvgIpc) is 2.31. The van der Waals surface area contributed by atoms with Gasteiger partial charge in [-0.3, -0.25) is 9.59 Å². The normalized spacial score (nSPS) is 11.8. The molecule has 7 nitrogen and oxygen atoms in total. The quantitative estimate of drug-likeness (QED) is 0.394. The zero-order valence-corrected chi connectivity index (χ0v) is 13.1. The molecule has 0 aromatic rings. The second-order valence-corrected chi connectivity index (χ2v) is 5.30. The first-order chi connectivity index (χ1) is 9.28. The highest BCUT2D eigenvalue weighted by molar-refractivity contribution is 5.88. The lowest BCUT2D eigenvalue weighted by Gasteiger charge is -2.20. The van der Waals surface area contributed by atoms with Gasteiger partial charge in [-0.2, -0.15) is 0 Å². The maximum atomic E-state index is 11.7. The van der Waals surface area contributed by atoms with Crippen molar-refractivity contribution < 1.29 is 9.59 Å². The Balaban J connectivity index is 4.32. The van der Waals surface area contributed by atoms with E-state index < -0.39 is 0 Å². The Kier molecular flexibility index (Phi) is 8.35. The lowest BCUT2D eigenvalue weighted by atomic mass is 10.1. The molecule has 7 heteroatoms. The fourth-order valence-corrected chi connectivity index (χ4v) is 1.37. The number of hydrogen-bond acceptors (Lipinski definition) is 3. The van der Waals surface area contributed by atoms with Crippen molar-refractivity contribution >= 4 is 17.8 Å². The molecule has 0 heterocycles. The highest BCUT2D eigenvalue weighted by atomic mass is 16.2. The standard InChI is InChI=1S/C13H27N5O2/c1-6-14-10(19)8-16-12(15-7-2)17-9-11(20)18-13(3,4)5/h6-9H2,1-5H3,(H,14,19)(H,18,20)(H2,15,16,17). The molecule has 4 N–H and O–H groups in total. The van der Waals surface area contributed by atoms with Crippen LogP contribution in [0.3, 0.4) is 0 Å². The minimum absolute atomic E-state index is 0.0159. The van der Waals surface area contributed by atoms with E-state index in [2.05, 4.69) is 26.3 Å². The Bertz CT molecular complexity index is 347. The molecule has 0 saturated heterocycles. The third kappa shape index (κ3) is 10.2. The van der Waals surface area contributed by atoms with Crippen molar-refractivity contribution in [1.82, 2.24) is 21.3 Å². The molecule has 0 radical (unpaired) electrons. The van der Waals surface area contributed by atoms with Crippen LogP contribution in [0.15, 0.2) is 4.99 Å². The van der Waals surface area contributed by atoms with Gasteiger partial charge >= 0.3 is 0 Å². The van der Waals surface area contributed by atoms with E-state index in [0.29, 0.717) is 19.0 Å². The van der Waals surface area contributed by atoms with E-state index in [1.807, 2.05) is 34.6 Å². The first-order valence-corrected chi connectivity index (χ1v) is 6.88. The summed E-state index contributed by atoms with van der Waals surface area (Å²) in [5, 5.41) is 11.3. The summed E-state index contributed by atoms with van der Waals surface area (Å²) >= 11 is 0. The van der Waals surface area contributed by atoms with Crippen LogP contribution in [0.1, 0.15) is 34.6 Å². The largest absolute Gasteiger partial charge is 0.357 e. The van der Waals surface area contributed by atoms with E-state index in [9.17, 15) is 9.59 Å². The van der Waals surface area contributed by atoms with Crippen molar-refractivity contribution in [2.75, 3.05) is 26.2 Å². The topological polar surface area (TPSA) is 94.6 Å². The van der Waals surface area contributed by atoms with Crippen LogP contribution < -0.4 is 21.3 Å². The molecule has 0 aromatic heterocycles. The molecular weight excluding hydrogens is 258 g/mol. The van der Waals surface area contributed by atoms with Gasteiger partial charge in [-0.05, 0) is 34.6 Å². The summed E-state index contributed by atoms with van der Waals surface area (Å²) in [4.78, 5) is 27.1.